The Bertz CT molecular complexity index is 943. The number of rotatable bonds is 8. The van der Waals surface area contributed by atoms with Crippen LogP contribution in [0.2, 0.25) is 0 Å². The van der Waals surface area contributed by atoms with E-state index in [4.69, 9.17) is 28.4 Å². The van der Waals surface area contributed by atoms with Gasteiger partial charge in [0.25, 0.3) is 0 Å². The summed E-state index contributed by atoms with van der Waals surface area (Å²) in [6.45, 7) is -1.32. The molecule has 0 bridgehead atoms. The number of fused-ring (bicyclic) bond motifs is 1. The molecule has 5 rings (SSSR count). The Morgan fingerprint density at radius 1 is 0.600 bits per heavy atom. The first-order chi connectivity index (χ1) is 21.4. The van der Waals surface area contributed by atoms with Gasteiger partial charge in [-0.2, -0.15) is 0 Å². The first-order valence-electron chi connectivity index (χ1n) is 15.6. The Kier molecular flexibility index (Phi) is 11.7. The zero-order valence-corrected chi connectivity index (χ0v) is 24.9. The smallest absolute Gasteiger partial charge is 0.187 e. The fourth-order valence-electron chi connectivity index (χ4n) is 7.61. The second-order valence-corrected chi connectivity index (χ2v) is 13.0. The minimum Gasteiger partial charge on any atom is -0.427 e. The zero-order valence-electron chi connectivity index (χ0n) is 24.9. The van der Waals surface area contributed by atoms with E-state index < -0.39 is 135 Å². The molecule has 17 heteroatoms. The van der Waals surface area contributed by atoms with E-state index in [1.165, 1.54) is 7.11 Å². The monoisotopic (exact) mass is 657 g/mol. The normalized spacial score (nSPS) is 54.4. The summed E-state index contributed by atoms with van der Waals surface area (Å²) in [4.78, 5) is 0. The summed E-state index contributed by atoms with van der Waals surface area (Å²) in [6.07, 6.45) is -21.1. The number of hydrogen-bond acceptors (Lipinski definition) is 16. The lowest BCUT2D eigenvalue weighted by Gasteiger charge is -2.50. The molecule has 0 aromatic carbocycles. The third-order valence-electron chi connectivity index (χ3n) is 10.2. The first kappa shape index (κ1) is 35.6. The van der Waals surface area contributed by atoms with Crippen LogP contribution in [0, 0.1) is 11.8 Å². The molecule has 5 fully saturated rings. The summed E-state index contributed by atoms with van der Waals surface area (Å²) in [7, 11) is 1.41. The maximum atomic E-state index is 10.8. The molecule has 10 unspecified atom stereocenters. The van der Waals surface area contributed by atoms with Gasteiger partial charge in [0, 0.05) is 25.9 Å². The van der Waals surface area contributed by atoms with Crippen LogP contribution in [0.25, 0.3) is 0 Å². The lowest BCUT2D eigenvalue weighted by atomic mass is 9.72. The molecule has 0 amide bonds. The number of aliphatic hydroxyl groups is 13. The standard InChI is InChI=1S/C28H48O17/c1-40-15-3-9(2-12(32)19(15)33)26-16(43-28-25(39)23(37)21(35)18(8-30)45-28)6-11-13(41-26)4-10(31)5-14(11)42-27-24(38)22(36)20(34)17(7-29)44-27/h9-39H,2-8H2,1H3/p+1/t9?,10?,11?,12?,13?,14?,15?,16?,17-,18-,19?,20-,21-,22+,23+,24-,25-,26?,27-,28-/m1/s1. The molecule has 5 aliphatic rings. The largest absolute Gasteiger partial charge is 0.427 e. The van der Waals surface area contributed by atoms with Crippen molar-refractivity contribution in [3.63, 3.8) is 0 Å². The Balaban J connectivity index is 1.40. The molecule has 12 N–H and O–H groups in total. The molecule has 262 valence electrons. The molecule has 0 aromatic heterocycles. The molecule has 2 saturated carbocycles. The average Bonchev–Trinajstić information content (AvgIpc) is 3.02. The molecular formula is C28H49O17+. The van der Waals surface area contributed by atoms with Crippen LogP contribution in [0.5, 0.6) is 0 Å². The van der Waals surface area contributed by atoms with Gasteiger partial charge in [0.1, 0.15) is 61.0 Å². The predicted molar refractivity (Wildman–Crippen MR) is 146 cm³/mol. The van der Waals surface area contributed by atoms with E-state index in [1.54, 1.807) is 0 Å². The number of hydrogen-bond donors (Lipinski definition) is 11. The average molecular weight is 658 g/mol. The molecule has 0 radical (unpaired) electrons. The quantitative estimate of drug-likeness (QED) is 0.108. The highest BCUT2D eigenvalue weighted by molar-refractivity contribution is 5.01. The van der Waals surface area contributed by atoms with Gasteiger partial charge in [-0.05, 0) is 19.3 Å². The summed E-state index contributed by atoms with van der Waals surface area (Å²) >= 11 is 0. The summed E-state index contributed by atoms with van der Waals surface area (Å²) < 4.78 is 34.0. The van der Waals surface area contributed by atoms with E-state index in [9.17, 15) is 56.2 Å². The number of ether oxygens (including phenoxy) is 6. The van der Waals surface area contributed by atoms with Crippen molar-refractivity contribution in [1.82, 2.24) is 0 Å². The molecule has 0 aromatic rings. The van der Waals surface area contributed by atoms with Crippen molar-refractivity contribution in [3.05, 3.63) is 0 Å². The number of aliphatic hydroxyl groups excluding tert-OH is 11. The van der Waals surface area contributed by atoms with Crippen molar-refractivity contribution < 1.29 is 84.6 Å². The van der Waals surface area contributed by atoms with Crippen LogP contribution in [-0.2, 0) is 23.7 Å². The van der Waals surface area contributed by atoms with Crippen molar-refractivity contribution in [2.75, 3.05) is 20.3 Å². The van der Waals surface area contributed by atoms with Gasteiger partial charge in [0.2, 0.25) is 0 Å². The second-order valence-electron chi connectivity index (χ2n) is 13.0. The predicted octanol–water partition coefficient (Wildman–Crippen LogP) is -6.06. The first-order valence-corrected chi connectivity index (χ1v) is 15.6. The Morgan fingerprint density at radius 3 is 1.69 bits per heavy atom. The van der Waals surface area contributed by atoms with Gasteiger partial charge in [-0.25, -0.2) is 0 Å². The third kappa shape index (κ3) is 7.20. The van der Waals surface area contributed by atoms with E-state index in [0.717, 1.165) is 0 Å². The van der Waals surface area contributed by atoms with Gasteiger partial charge in [-0.3, -0.25) is 0 Å². The summed E-state index contributed by atoms with van der Waals surface area (Å²) in [5.41, 5.74) is 0. The summed E-state index contributed by atoms with van der Waals surface area (Å²) in [6, 6.07) is 0. The van der Waals surface area contributed by atoms with Crippen LogP contribution < -0.4 is 0 Å². The molecule has 45 heavy (non-hydrogen) atoms. The van der Waals surface area contributed by atoms with E-state index in [2.05, 4.69) is 0 Å². The molecular weight excluding hydrogens is 608 g/mol. The highest BCUT2D eigenvalue weighted by atomic mass is 16.7. The topological polar surface area (TPSA) is 281 Å². The van der Waals surface area contributed by atoms with Crippen LogP contribution in [0.3, 0.4) is 0 Å². The summed E-state index contributed by atoms with van der Waals surface area (Å²) in [5, 5.41) is 114. The van der Waals surface area contributed by atoms with Crippen molar-refractivity contribution in [2.24, 2.45) is 11.8 Å². The van der Waals surface area contributed by atoms with Crippen LogP contribution >= 0.6 is 0 Å². The van der Waals surface area contributed by atoms with Crippen LogP contribution in [0.4, 0.5) is 0 Å². The van der Waals surface area contributed by atoms with Crippen LogP contribution in [0.15, 0.2) is 0 Å². The van der Waals surface area contributed by atoms with Gasteiger partial charge in [-0.1, -0.05) is 0 Å². The SMILES string of the molecule is COC1CC(C2[OH+]C3CC(O)CC(O[C@@H]4O[C@H](CO)[C@@H](O)[C@H](O)[C@H]4O)C3CC2O[C@@H]2O[C@H](CO)[C@@H](O)[C@H](O)[C@H]2O)CC(O)C1O. The van der Waals surface area contributed by atoms with Crippen molar-refractivity contribution in [3.8, 4) is 0 Å². The fourth-order valence-corrected chi connectivity index (χ4v) is 7.61. The van der Waals surface area contributed by atoms with E-state index in [0.29, 0.717) is 6.42 Å². The van der Waals surface area contributed by atoms with Gasteiger partial charge < -0.3 is 84.6 Å². The van der Waals surface area contributed by atoms with Gasteiger partial charge in [0.15, 0.2) is 24.8 Å². The Hall–Kier alpha value is -0.680. The molecule has 3 aliphatic heterocycles. The maximum absolute atomic E-state index is 10.8. The highest BCUT2D eigenvalue weighted by Crippen LogP contribution is 2.44. The molecule has 3 saturated heterocycles. The van der Waals surface area contributed by atoms with E-state index in [1.807, 2.05) is 0 Å². The minimum absolute atomic E-state index is 0.0865. The fraction of sp³-hybridized carbons (Fsp3) is 1.00. The van der Waals surface area contributed by atoms with Crippen molar-refractivity contribution in [2.45, 2.75) is 142 Å². The Labute approximate surface area is 259 Å². The molecule has 0 spiro atoms. The Morgan fingerprint density at radius 2 is 1.16 bits per heavy atom. The third-order valence-corrected chi connectivity index (χ3v) is 10.2. The number of methoxy groups -OCH3 is 1. The van der Waals surface area contributed by atoms with E-state index >= 15 is 0 Å². The molecule has 2 aliphatic carbocycles. The summed E-state index contributed by atoms with van der Waals surface area (Å²) in [5.74, 6) is -0.877. The van der Waals surface area contributed by atoms with Crippen LogP contribution in [-0.4, -0.2) is 191 Å². The zero-order chi connectivity index (χ0) is 32.7. The lowest BCUT2D eigenvalue weighted by molar-refractivity contribution is -0.368. The molecule has 3 heterocycles. The second kappa shape index (κ2) is 14.8. The van der Waals surface area contributed by atoms with Crippen LogP contribution in [0.1, 0.15) is 32.1 Å². The molecule has 17 nitrogen and oxygen atoms in total. The molecule has 20 atom stereocenters. The maximum Gasteiger partial charge on any atom is 0.187 e. The highest BCUT2D eigenvalue weighted by Gasteiger charge is 2.57. The van der Waals surface area contributed by atoms with E-state index in [-0.39, 0.29) is 25.7 Å². The van der Waals surface area contributed by atoms with Gasteiger partial charge in [0.05, 0.1) is 43.5 Å². The van der Waals surface area contributed by atoms with Gasteiger partial charge in [-0.15, -0.1) is 0 Å². The minimum atomic E-state index is -1.69. The lowest BCUT2D eigenvalue weighted by Crippen LogP contribution is -2.64. The van der Waals surface area contributed by atoms with Gasteiger partial charge >= 0.3 is 0 Å². The van der Waals surface area contributed by atoms with Crippen molar-refractivity contribution >= 4 is 0 Å². The van der Waals surface area contributed by atoms with Crippen molar-refractivity contribution in [1.29, 1.82) is 0 Å².